The van der Waals surface area contributed by atoms with Crippen LogP contribution in [-0.4, -0.2) is 37.0 Å². The van der Waals surface area contributed by atoms with Crippen molar-refractivity contribution in [1.82, 2.24) is 0 Å². The summed E-state index contributed by atoms with van der Waals surface area (Å²) in [6.07, 6.45) is 0. The Kier molecular flexibility index (Phi) is 3.56. The second-order valence-electron chi connectivity index (χ2n) is 3.17. The van der Waals surface area contributed by atoms with Crippen LogP contribution in [0.4, 0.5) is 0 Å². The van der Waals surface area contributed by atoms with Crippen molar-refractivity contribution in [2.45, 2.75) is 0 Å². The van der Waals surface area contributed by atoms with Crippen molar-refractivity contribution >= 4 is 11.6 Å². The van der Waals surface area contributed by atoms with Crippen LogP contribution >= 0.6 is 0 Å². The van der Waals surface area contributed by atoms with Gasteiger partial charge in [-0.3, -0.25) is 0 Å². The SMILES string of the molecule is CON=C1Oc2ccccc2C1=NOCCO. The Hall–Kier alpha value is -2.08. The predicted molar refractivity (Wildman–Crippen MR) is 61.1 cm³/mol. The van der Waals surface area contributed by atoms with E-state index in [-0.39, 0.29) is 19.1 Å². The van der Waals surface area contributed by atoms with Crippen LogP contribution in [0.1, 0.15) is 5.56 Å². The van der Waals surface area contributed by atoms with Gasteiger partial charge in [-0.15, -0.1) is 0 Å². The first-order valence-corrected chi connectivity index (χ1v) is 5.06. The first kappa shape index (κ1) is 11.4. The van der Waals surface area contributed by atoms with Gasteiger partial charge in [-0.25, -0.2) is 0 Å². The van der Waals surface area contributed by atoms with Crippen LogP contribution in [0.15, 0.2) is 34.6 Å². The van der Waals surface area contributed by atoms with E-state index in [1.54, 1.807) is 6.07 Å². The summed E-state index contributed by atoms with van der Waals surface area (Å²) in [5, 5.41) is 16.2. The summed E-state index contributed by atoms with van der Waals surface area (Å²) < 4.78 is 5.44. The average molecular weight is 236 g/mol. The molecule has 1 N–H and O–H groups in total. The first-order chi connectivity index (χ1) is 8.36. The Bertz CT molecular complexity index is 457. The Labute approximate surface area is 98.1 Å². The molecule has 0 bridgehead atoms. The van der Waals surface area contributed by atoms with Crippen LogP contribution in [0.3, 0.4) is 0 Å². The lowest BCUT2D eigenvalue weighted by atomic mass is 10.1. The number of benzene rings is 1. The fourth-order valence-electron chi connectivity index (χ4n) is 1.40. The van der Waals surface area contributed by atoms with Crippen molar-refractivity contribution in [2.24, 2.45) is 10.3 Å². The highest BCUT2D eigenvalue weighted by Crippen LogP contribution is 2.26. The second-order valence-corrected chi connectivity index (χ2v) is 3.17. The van der Waals surface area contributed by atoms with E-state index < -0.39 is 0 Å². The highest BCUT2D eigenvalue weighted by atomic mass is 16.6. The zero-order valence-corrected chi connectivity index (χ0v) is 9.29. The molecule has 90 valence electrons. The quantitative estimate of drug-likeness (QED) is 0.618. The molecule has 1 aromatic rings. The van der Waals surface area contributed by atoms with E-state index in [0.717, 1.165) is 5.56 Å². The summed E-state index contributed by atoms with van der Waals surface area (Å²) >= 11 is 0. The predicted octanol–water partition coefficient (Wildman–Crippen LogP) is 0.752. The lowest BCUT2D eigenvalue weighted by Gasteiger charge is -1.98. The molecule has 1 aromatic carbocycles. The Balaban J connectivity index is 2.30. The molecule has 1 aliphatic heterocycles. The molecule has 0 amide bonds. The average Bonchev–Trinajstić information content (AvgIpc) is 2.69. The molecule has 0 spiro atoms. The Morgan fingerprint density at radius 2 is 2.12 bits per heavy atom. The Morgan fingerprint density at radius 3 is 2.88 bits per heavy atom. The van der Waals surface area contributed by atoms with Crippen molar-refractivity contribution in [2.75, 3.05) is 20.3 Å². The van der Waals surface area contributed by atoms with E-state index in [4.69, 9.17) is 14.7 Å². The third kappa shape index (κ3) is 2.36. The highest BCUT2D eigenvalue weighted by Gasteiger charge is 2.28. The fourth-order valence-corrected chi connectivity index (χ4v) is 1.40. The lowest BCUT2D eigenvalue weighted by Crippen LogP contribution is -2.15. The molecule has 0 aromatic heterocycles. The zero-order valence-electron chi connectivity index (χ0n) is 9.29. The highest BCUT2D eigenvalue weighted by molar-refractivity contribution is 6.48. The summed E-state index contributed by atoms with van der Waals surface area (Å²) in [6.45, 7) is 0.0158. The minimum Gasteiger partial charge on any atom is -0.434 e. The zero-order chi connectivity index (χ0) is 12.1. The van der Waals surface area contributed by atoms with Crippen LogP contribution < -0.4 is 4.74 Å². The maximum atomic E-state index is 8.62. The molecular weight excluding hydrogens is 224 g/mol. The number of fused-ring (bicyclic) bond motifs is 1. The summed E-state index contributed by atoms with van der Waals surface area (Å²) in [5.41, 5.74) is 1.23. The number of hydrogen-bond acceptors (Lipinski definition) is 6. The maximum absolute atomic E-state index is 8.62. The van der Waals surface area contributed by atoms with Gasteiger partial charge in [0.25, 0.3) is 5.90 Å². The van der Waals surface area contributed by atoms with Gasteiger partial charge in [-0.1, -0.05) is 17.3 Å². The minimum atomic E-state index is -0.101. The van der Waals surface area contributed by atoms with E-state index in [0.29, 0.717) is 11.5 Å². The number of aliphatic hydroxyl groups excluding tert-OH is 1. The van der Waals surface area contributed by atoms with Crippen molar-refractivity contribution in [3.8, 4) is 5.75 Å². The van der Waals surface area contributed by atoms with Crippen LogP contribution in [0.25, 0.3) is 0 Å². The van der Waals surface area contributed by atoms with Crippen molar-refractivity contribution < 1.29 is 19.5 Å². The van der Waals surface area contributed by atoms with Crippen molar-refractivity contribution in [1.29, 1.82) is 0 Å². The molecule has 0 fully saturated rings. The van der Waals surface area contributed by atoms with E-state index in [1.807, 2.05) is 18.2 Å². The third-order valence-corrected chi connectivity index (χ3v) is 2.06. The molecule has 0 saturated heterocycles. The molecule has 1 aliphatic rings. The van der Waals surface area contributed by atoms with Crippen molar-refractivity contribution in [3.63, 3.8) is 0 Å². The van der Waals surface area contributed by atoms with Gasteiger partial charge in [0.1, 0.15) is 19.5 Å². The number of oxime groups is 2. The fraction of sp³-hybridized carbons (Fsp3) is 0.273. The normalized spacial score (nSPS) is 18.0. The van der Waals surface area contributed by atoms with Gasteiger partial charge in [0, 0.05) is 0 Å². The minimum absolute atomic E-state index is 0.101. The van der Waals surface area contributed by atoms with Gasteiger partial charge in [0.2, 0.25) is 0 Å². The number of ether oxygens (including phenoxy) is 1. The molecule has 6 heteroatoms. The van der Waals surface area contributed by atoms with Crippen LogP contribution in [0.5, 0.6) is 5.75 Å². The van der Waals surface area contributed by atoms with Gasteiger partial charge in [0.05, 0.1) is 12.2 Å². The van der Waals surface area contributed by atoms with E-state index in [1.165, 1.54) is 7.11 Å². The number of hydrogen-bond donors (Lipinski definition) is 1. The van der Waals surface area contributed by atoms with Gasteiger partial charge >= 0.3 is 0 Å². The summed E-state index contributed by atoms with van der Waals surface area (Å²) in [6, 6.07) is 7.35. The molecule has 0 aliphatic carbocycles. The van der Waals surface area contributed by atoms with Gasteiger partial charge in [-0.05, 0) is 17.3 Å². The smallest absolute Gasteiger partial charge is 0.286 e. The second kappa shape index (κ2) is 5.31. The molecule has 0 atom stereocenters. The number of nitrogens with zero attached hydrogens (tertiary/aromatic N) is 2. The topological polar surface area (TPSA) is 72.6 Å². The molecule has 0 radical (unpaired) electrons. The number of aliphatic hydroxyl groups is 1. The summed E-state index contributed by atoms with van der Waals surface area (Å²) in [4.78, 5) is 9.59. The van der Waals surface area contributed by atoms with Crippen molar-refractivity contribution in [3.05, 3.63) is 29.8 Å². The summed E-state index contributed by atoms with van der Waals surface area (Å²) in [5.74, 6) is 0.890. The Morgan fingerprint density at radius 1 is 1.29 bits per heavy atom. The number of rotatable bonds is 4. The first-order valence-electron chi connectivity index (χ1n) is 5.06. The van der Waals surface area contributed by atoms with Crippen LogP contribution in [-0.2, 0) is 9.68 Å². The number of para-hydroxylation sites is 1. The maximum Gasteiger partial charge on any atom is 0.286 e. The van der Waals surface area contributed by atoms with Gasteiger partial charge in [0.15, 0.2) is 5.71 Å². The van der Waals surface area contributed by atoms with E-state index in [9.17, 15) is 0 Å². The standard InChI is InChI=1S/C11H12N2O4/c1-15-13-11-10(12-16-7-6-14)8-4-2-3-5-9(8)17-11/h2-5,14H,6-7H2,1H3. The molecule has 17 heavy (non-hydrogen) atoms. The van der Waals surface area contributed by atoms with Crippen LogP contribution in [0, 0.1) is 0 Å². The van der Waals surface area contributed by atoms with E-state index >= 15 is 0 Å². The molecular formula is C11H12N2O4. The van der Waals surface area contributed by atoms with E-state index in [2.05, 4.69) is 15.1 Å². The lowest BCUT2D eigenvalue weighted by molar-refractivity contribution is 0.0990. The third-order valence-electron chi connectivity index (χ3n) is 2.06. The van der Waals surface area contributed by atoms with Gasteiger partial charge < -0.3 is 19.5 Å². The molecule has 2 rings (SSSR count). The monoisotopic (exact) mass is 236 g/mol. The van der Waals surface area contributed by atoms with Crippen LogP contribution in [0.2, 0.25) is 0 Å². The van der Waals surface area contributed by atoms with Gasteiger partial charge in [-0.2, -0.15) is 0 Å². The molecule has 1 heterocycles. The molecule has 0 saturated carbocycles. The molecule has 0 unspecified atom stereocenters. The summed E-state index contributed by atoms with van der Waals surface area (Å²) in [7, 11) is 1.42. The largest absolute Gasteiger partial charge is 0.434 e. The molecule has 6 nitrogen and oxygen atoms in total.